The number of pyridine rings is 1. The van der Waals surface area contributed by atoms with Crippen LogP contribution in [0.4, 0.5) is 0 Å². The van der Waals surface area contributed by atoms with Crippen molar-refractivity contribution >= 4 is 23.5 Å². The summed E-state index contributed by atoms with van der Waals surface area (Å²) in [6.45, 7) is 0. The zero-order valence-corrected chi connectivity index (χ0v) is 17.1. The van der Waals surface area contributed by atoms with E-state index in [1.807, 2.05) is 0 Å². The van der Waals surface area contributed by atoms with Gasteiger partial charge >= 0.3 is 5.97 Å². The summed E-state index contributed by atoms with van der Waals surface area (Å²) in [6.07, 6.45) is 3.33. The van der Waals surface area contributed by atoms with Crippen molar-refractivity contribution < 1.29 is 24.2 Å². The first kappa shape index (κ1) is 20.9. The Morgan fingerprint density at radius 1 is 1.07 bits per heavy atom. The molecule has 0 aliphatic heterocycles. The highest BCUT2D eigenvalue weighted by atomic mass is 35.5. The number of hydrogen-bond donors (Lipinski definition) is 2. The van der Waals surface area contributed by atoms with Crippen LogP contribution in [0.3, 0.4) is 0 Å². The van der Waals surface area contributed by atoms with E-state index in [4.69, 9.17) is 21.1 Å². The lowest BCUT2D eigenvalue weighted by Crippen LogP contribution is -2.55. The van der Waals surface area contributed by atoms with E-state index in [-0.39, 0.29) is 5.69 Å². The van der Waals surface area contributed by atoms with Crippen molar-refractivity contribution in [1.82, 2.24) is 10.3 Å². The minimum Gasteiger partial charge on any atom is -0.492 e. The molecule has 0 spiro atoms. The molecule has 0 bridgehead atoms. The van der Waals surface area contributed by atoms with Gasteiger partial charge in [-0.1, -0.05) is 36.9 Å². The molecule has 8 heteroatoms. The van der Waals surface area contributed by atoms with Crippen molar-refractivity contribution in [3.05, 3.63) is 41.0 Å². The summed E-state index contributed by atoms with van der Waals surface area (Å²) in [4.78, 5) is 29.1. The van der Waals surface area contributed by atoms with Crippen LogP contribution in [-0.4, -0.2) is 41.7 Å². The number of methoxy groups -OCH3 is 2. The van der Waals surface area contributed by atoms with E-state index < -0.39 is 17.4 Å². The van der Waals surface area contributed by atoms with Gasteiger partial charge in [0, 0.05) is 5.56 Å². The normalized spacial score (nSPS) is 15.4. The van der Waals surface area contributed by atoms with E-state index >= 15 is 0 Å². The number of carbonyl (C=O) groups excluding carboxylic acids is 1. The molecule has 1 heterocycles. The van der Waals surface area contributed by atoms with Crippen LogP contribution in [0.5, 0.6) is 11.5 Å². The van der Waals surface area contributed by atoms with E-state index in [0.717, 1.165) is 19.3 Å². The predicted octanol–water partition coefficient (Wildman–Crippen LogP) is 3.94. The average molecular weight is 419 g/mol. The third-order valence-corrected chi connectivity index (χ3v) is 5.50. The third kappa shape index (κ3) is 4.15. The average Bonchev–Trinajstić information content (AvgIpc) is 2.74. The molecular formula is C21H23ClN2O5. The highest BCUT2D eigenvalue weighted by molar-refractivity contribution is 6.32. The lowest BCUT2D eigenvalue weighted by Gasteiger charge is -2.33. The predicted molar refractivity (Wildman–Crippen MR) is 109 cm³/mol. The number of hydrogen-bond acceptors (Lipinski definition) is 5. The molecule has 29 heavy (non-hydrogen) atoms. The van der Waals surface area contributed by atoms with E-state index in [1.54, 1.807) is 30.3 Å². The molecule has 2 aromatic rings. The van der Waals surface area contributed by atoms with Crippen molar-refractivity contribution in [1.29, 1.82) is 0 Å². The van der Waals surface area contributed by atoms with Gasteiger partial charge in [-0.3, -0.25) is 4.79 Å². The van der Waals surface area contributed by atoms with Crippen LogP contribution in [0.15, 0.2) is 30.3 Å². The van der Waals surface area contributed by atoms with Gasteiger partial charge < -0.3 is 19.9 Å². The molecule has 1 fully saturated rings. The Balaban J connectivity index is 1.94. The maximum Gasteiger partial charge on any atom is 0.329 e. The van der Waals surface area contributed by atoms with Crippen molar-refractivity contribution in [2.75, 3.05) is 14.2 Å². The van der Waals surface area contributed by atoms with Crippen LogP contribution in [0, 0.1) is 0 Å². The smallest absolute Gasteiger partial charge is 0.329 e. The first-order valence-electron chi connectivity index (χ1n) is 9.35. The van der Waals surface area contributed by atoms with Gasteiger partial charge in [0.25, 0.3) is 5.91 Å². The zero-order valence-electron chi connectivity index (χ0n) is 16.3. The fourth-order valence-electron chi connectivity index (χ4n) is 3.67. The van der Waals surface area contributed by atoms with Gasteiger partial charge in [-0.2, -0.15) is 0 Å². The summed E-state index contributed by atoms with van der Waals surface area (Å²) in [5, 5.41) is 12.8. The molecule has 1 aromatic carbocycles. The van der Waals surface area contributed by atoms with Crippen LogP contribution < -0.4 is 14.8 Å². The van der Waals surface area contributed by atoms with Crippen LogP contribution >= 0.6 is 11.6 Å². The molecule has 2 N–H and O–H groups in total. The van der Waals surface area contributed by atoms with Gasteiger partial charge in [0.15, 0.2) is 11.5 Å². The number of aromatic nitrogens is 1. The molecule has 3 rings (SSSR count). The number of rotatable bonds is 6. The quantitative estimate of drug-likeness (QED) is 0.737. The Kier molecular flexibility index (Phi) is 6.27. The Bertz CT molecular complexity index is 925. The molecule has 0 radical (unpaired) electrons. The second kappa shape index (κ2) is 8.69. The van der Waals surface area contributed by atoms with Gasteiger partial charge in [0.1, 0.15) is 11.2 Å². The molecule has 0 atom stereocenters. The number of amides is 1. The molecule has 1 saturated carbocycles. The second-order valence-corrected chi connectivity index (χ2v) is 7.38. The number of carbonyl (C=O) groups is 2. The largest absolute Gasteiger partial charge is 0.492 e. The number of benzene rings is 1. The summed E-state index contributed by atoms with van der Waals surface area (Å²) in [5.41, 5.74) is -0.0232. The summed E-state index contributed by atoms with van der Waals surface area (Å²) < 4.78 is 10.8. The summed E-state index contributed by atoms with van der Waals surface area (Å²) in [6, 6.07) is 8.36. The van der Waals surface area contributed by atoms with Crippen molar-refractivity contribution in [3.63, 3.8) is 0 Å². The number of aliphatic carboxylic acids is 1. The number of carboxylic acid groups (broad SMARTS) is 1. The molecule has 154 valence electrons. The lowest BCUT2D eigenvalue weighted by atomic mass is 9.81. The van der Waals surface area contributed by atoms with Crippen molar-refractivity contribution in [2.24, 2.45) is 0 Å². The van der Waals surface area contributed by atoms with Gasteiger partial charge in [0.05, 0.1) is 24.9 Å². The minimum atomic E-state index is -1.24. The van der Waals surface area contributed by atoms with Crippen molar-refractivity contribution in [3.8, 4) is 22.8 Å². The first-order chi connectivity index (χ1) is 13.9. The van der Waals surface area contributed by atoms with E-state index in [1.165, 1.54) is 14.2 Å². The van der Waals surface area contributed by atoms with Crippen LogP contribution in [0.1, 0.15) is 42.6 Å². The summed E-state index contributed by atoms with van der Waals surface area (Å²) in [5.74, 6) is -0.753. The van der Waals surface area contributed by atoms with E-state index in [9.17, 15) is 14.7 Å². The second-order valence-electron chi connectivity index (χ2n) is 6.97. The third-order valence-electron chi connectivity index (χ3n) is 5.20. The van der Waals surface area contributed by atoms with Crippen LogP contribution in [0.2, 0.25) is 5.02 Å². The van der Waals surface area contributed by atoms with Gasteiger partial charge in [-0.15, -0.1) is 0 Å². The van der Waals surface area contributed by atoms with Crippen LogP contribution in [0.25, 0.3) is 11.3 Å². The van der Waals surface area contributed by atoms with Crippen molar-refractivity contribution in [2.45, 2.75) is 37.6 Å². The SMILES string of the molecule is COc1c(Cl)ccc(-c2cccc(C(=O)NC3(C(=O)O)CCCCC3)n2)c1OC. The Hall–Kier alpha value is -2.80. The lowest BCUT2D eigenvalue weighted by molar-refractivity contribution is -0.145. The molecular weight excluding hydrogens is 396 g/mol. The molecule has 1 aliphatic rings. The highest BCUT2D eigenvalue weighted by Gasteiger charge is 2.41. The number of carboxylic acids is 1. The van der Waals surface area contributed by atoms with E-state index in [2.05, 4.69) is 10.3 Å². The maximum absolute atomic E-state index is 12.8. The summed E-state index contributed by atoms with van der Waals surface area (Å²) >= 11 is 6.16. The molecule has 0 unspecified atom stereocenters. The monoisotopic (exact) mass is 418 g/mol. The topological polar surface area (TPSA) is 97.8 Å². The number of nitrogens with zero attached hydrogens (tertiary/aromatic N) is 1. The van der Waals surface area contributed by atoms with Crippen LogP contribution in [-0.2, 0) is 4.79 Å². The maximum atomic E-state index is 12.8. The molecule has 0 saturated heterocycles. The minimum absolute atomic E-state index is 0.129. The van der Waals surface area contributed by atoms with Gasteiger partial charge in [-0.25, -0.2) is 9.78 Å². The molecule has 1 aliphatic carbocycles. The number of ether oxygens (including phenoxy) is 2. The Morgan fingerprint density at radius 3 is 2.38 bits per heavy atom. The summed E-state index contributed by atoms with van der Waals surface area (Å²) in [7, 11) is 2.98. The fourth-order valence-corrected chi connectivity index (χ4v) is 3.90. The van der Waals surface area contributed by atoms with Gasteiger partial charge in [-0.05, 0) is 37.1 Å². The standard InChI is InChI=1S/C21H23ClN2O5/c1-28-17-13(9-10-14(22)18(17)29-2)15-7-6-8-16(23-15)19(25)24-21(20(26)27)11-4-3-5-12-21/h6-10H,3-5,11-12H2,1-2H3,(H,24,25)(H,26,27). The van der Waals surface area contributed by atoms with Gasteiger partial charge in [0.2, 0.25) is 0 Å². The number of halogens is 1. The number of nitrogens with one attached hydrogen (secondary N) is 1. The fraction of sp³-hybridized carbons (Fsp3) is 0.381. The molecule has 7 nitrogen and oxygen atoms in total. The zero-order chi connectivity index (χ0) is 21.0. The Labute approximate surface area is 174 Å². The van der Waals surface area contributed by atoms with E-state index in [0.29, 0.717) is 40.6 Å². The molecule has 1 amide bonds. The first-order valence-corrected chi connectivity index (χ1v) is 9.73. The molecule has 1 aromatic heterocycles. The Morgan fingerprint density at radius 2 is 1.76 bits per heavy atom. The highest BCUT2D eigenvalue weighted by Crippen LogP contribution is 2.42.